The molecular weight excluding hydrogens is 270 g/mol. The van der Waals surface area contributed by atoms with Crippen molar-refractivity contribution in [2.24, 2.45) is 0 Å². The summed E-state index contributed by atoms with van der Waals surface area (Å²) in [6.45, 7) is 4.30. The predicted octanol–water partition coefficient (Wildman–Crippen LogP) is 5.02. The number of benzene rings is 1. The normalized spacial score (nSPS) is 11.1. The van der Waals surface area contributed by atoms with Crippen molar-refractivity contribution in [3.63, 3.8) is 0 Å². The molecular formula is C13H14ClNS2. The summed E-state index contributed by atoms with van der Waals surface area (Å²) in [6.07, 6.45) is 0. The summed E-state index contributed by atoms with van der Waals surface area (Å²) in [5, 5.41) is 1.74. The lowest BCUT2D eigenvalue weighted by molar-refractivity contribution is 0.825. The first-order valence-corrected chi connectivity index (χ1v) is 7.31. The van der Waals surface area contributed by atoms with E-state index in [9.17, 15) is 0 Å². The van der Waals surface area contributed by atoms with Crippen LogP contribution >= 0.6 is 35.6 Å². The van der Waals surface area contributed by atoms with Gasteiger partial charge in [-0.05, 0) is 12.0 Å². The number of hydrogen-bond donors (Lipinski definition) is 1. The van der Waals surface area contributed by atoms with E-state index in [2.05, 4.69) is 26.5 Å². The number of halogens is 1. The fourth-order valence-corrected chi connectivity index (χ4v) is 3.43. The maximum Gasteiger partial charge on any atom is 0.125 e. The van der Waals surface area contributed by atoms with Crippen molar-refractivity contribution in [3.8, 4) is 10.6 Å². The maximum atomic E-state index is 6.19. The Bertz CT molecular complexity index is 520. The van der Waals surface area contributed by atoms with Gasteiger partial charge in [-0.15, -0.1) is 11.3 Å². The molecule has 0 unspecified atom stereocenters. The molecule has 0 saturated carbocycles. The maximum absolute atomic E-state index is 6.19. The molecule has 0 fully saturated rings. The summed E-state index contributed by atoms with van der Waals surface area (Å²) in [5.74, 6) is 1.15. The minimum Gasteiger partial charge on any atom is -0.240 e. The van der Waals surface area contributed by atoms with Gasteiger partial charge in [0.15, 0.2) is 0 Å². The van der Waals surface area contributed by atoms with Crippen molar-refractivity contribution in [2.45, 2.75) is 25.5 Å². The molecule has 90 valence electrons. The van der Waals surface area contributed by atoms with Gasteiger partial charge in [-0.2, -0.15) is 12.6 Å². The number of thiol groups is 1. The van der Waals surface area contributed by atoms with E-state index in [1.807, 2.05) is 24.3 Å². The highest BCUT2D eigenvalue weighted by molar-refractivity contribution is 7.79. The lowest BCUT2D eigenvalue weighted by atomic mass is 10.1. The van der Waals surface area contributed by atoms with Crippen LogP contribution in [0.2, 0.25) is 5.02 Å². The van der Waals surface area contributed by atoms with Crippen LogP contribution in [0.3, 0.4) is 0 Å². The second-order valence-electron chi connectivity index (χ2n) is 4.12. The van der Waals surface area contributed by atoms with Crippen LogP contribution in [0.25, 0.3) is 10.6 Å². The lowest BCUT2D eigenvalue weighted by Crippen LogP contribution is -1.91. The average molecular weight is 284 g/mol. The molecule has 1 nitrogen and oxygen atoms in total. The number of thiazole rings is 1. The highest BCUT2D eigenvalue weighted by Crippen LogP contribution is 2.35. The molecule has 0 aliphatic heterocycles. The number of aromatic nitrogens is 1. The zero-order valence-electron chi connectivity index (χ0n) is 9.77. The van der Waals surface area contributed by atoms with E-state index in [1.165, 1.54) is 4.88 Å². The van der Waals surface area contributed by atoms with E-state index in [0.717, 1.165) is 27.0 Å². The van der Waals surface area contributed by atoms with Gasteiger partial charge in [0.1, 0.15) is 5.01 Å². The summed E-state index contributed by atoms with van der Waals surface area (Å²) in [4.78, 5) is 5.93. The Labute approximate surface area is 116 Å². The van der Waals surface area contributed by atoms with Crippen LogP contribution in [0.15, 0.2) is 24.3 Å². The van der Waals surface area contributed by atoms with E-state index in [1.54, 1.807) is 11.3 Å². The minimum absolute atomic E-state index is 0.421. The molecule has 0 aliphatic rings. The Balaban J connectivity index is 2.51. The Morgan fingerprint density at radius 1 is 1.35 bits per heavy atom. The molecule has 4 heteroatoms. The first-order valence-electron chi connectivity index (χ1n) is 5.48. The van der Waals surface area contributed by atoms with Crippen molar-refractivity contribution < 1.29 is 0 Å². The SMILES string of the molecule is CC(C)c1nc(-c2ccccc2Cl)sc1CS. The number of nitrogens with zero attached hydrogens (tertiary/aromatic N) is 1. The highest BCUT2D eigenvalue weighted by Gasteiger charge is 2.15. The summed E-state index contributed by atoms with van der Waals surface area (Å²) in [7, 11) is 0. The quantitative estimate of drug-likeness (QED) is 0.781. The van der Waals surface area contributed by atoms with Crippen LogP contribution in [0.1, 0.15) is 30.3 Å². The largest absolute Gasteiger partial charge is 0.240 e. The van der Waals surface area contributed by atoms with Crippen LogP contribution in [0, 0.1) is 0 Å². The van der Waals surface area contributed by atoms with Crippen LogP contribution in [-0.2, 0) is 5.75 Å². The fraction of sp³-hybridized carbons (Fsp3) is 0.308. The van der Waals surface area contributed by atoms with Gasteiger partial charge in [-0.3, -0.25) is 0 Å². The molecule has 2 rings (SSSR count). The molecule has 0 spiro atoms. The van der Waals surface area contributed by atoms with Gasteiger partial charge in [0.2, 0.25) is 0 Å². The first-order chi connectivity index (χ1) is 8.13. The summed E-state index contributed by atoms with van der Waals surface area (Å²) in [5.41, 5.74) is 2.15. The van der Waals surface area contributed by atoms with E-state index < -0.39 is 0 Å². The smallest absolute Gasteiger partial charge is 0.125 e. The molecule has 1 aromatic carbocycles. The average Bonchev–Trinajstić information content (AvgIpc) is 2.73. The Morgan fingerprint density at radius 3 is 2.59 bits per heavy atom. The molecule has 0 N–H and O–H groups in total. The summed E-state index contributed by atoms with van der Waals surface area (Å²) < 4.78 is 0. The second-order valence-corrected chi connectivity index (χ2v) is 5.93. The van der Waals surface area contributed by atoms with Crippen LogP contribution in [-0.4, -0.2) is 4.98 Å². The lowest BCUT2D eigenvalue weighted by Gasteiger charge is -2.01. The van der Waals surface area contributed by atoms with E-state index in [0.29, 0.717) is 5.92 Å². The molecule has 0 bridgehead atoms. The molecule has 0 aliphatic carbocycles. The van der Waals surface area contributed by atoms with Crippen molar-refractivity contribution in [3.05, 3.63) is 39.9 Å². The minimum atomic E-state index is 0.421. The van der Waals surface area contributed by atoms with Crippen LogP contribution < -0.4 is 0 Å². The Morgan fingerprint density at radius 2 is 2.06 bits per heavy atom. The van der Waals surface area contributed by atoms with Crippen LogP contribution in [0.5, 0.6) is 0 Å². The molecule has 0 amide bonds. The van der Waals surface area contributed by atoms with Gasteiger partial charge in [0.25, 0.3) is 0 Å². The van der Waals surface area contributed by atoms with Gasteiger partial charge in [-0.1, -0.05) is 43.6 Å². The van der Waals surface area contributed by atoms with E-state index >= 15 is 0 Å². The number of hydrogen-bond acceptors (Lipinski definition) is 3. The Hall–Kier alpha value is -0.510. The van der Waals surface area contributed by atoms with Gasteiger partial charge in [0, 0.05) is 16.2 Å². The van der Waals surface area contributed by atoms with Crippen LogP contribution in [0.4, 0.5) is 0 Å². The zero-order chi connectivity index (χ0) is 12.4. The molecule has 0 atom stereocenters. The van der Waals surface area contributed by atoms with Crippen molar-refractivity contribution in [1.29, 1.82) is 0 Å². The molecule has 17 heavy (non-hydrogen) atoms. The van der Waals surface area contributed by atoms with Gasteiger partial charge in [0.05, 0.1) is 10.7 Å². The first kappa shape index (κ1) is 12.9. The third kappa shape index (κ3) is 2.67. The third-order valence-electron chi connectivity index (χ3n) is 2.52. The van der Waals surface area contributed by atoms with E-state index in [4.69, 9.17) is 16.6 Å². The highest BCUT2D eigenvalue weighted by atomic mass is 35.5. The monoisotopic (exact) mass is 283 g/mol. The molecule has 1 heterocycles. The van der Waals surface area contributed by atoms with Crippen molar-refractivity contribution in [2.75, 3.05) is 0 Å². The molecule has 0 saturated heterocycles. The number of rotatable bonds is 3. The molecule has 0 radical (unpaired) electrons. The fourth-order valence-electron chi connectivity index (χ4n) is 1.68. The zero-order valence-corrected chi connectivity index (χ0v) is 12.2. The van der Waals surface area contributed by atoms with Crippen molar-refractivity contribution >= 4 is 35.6 Å². The van der Waals surface area contributed by atoms with Gasteiger partial charge in [-0.25, -0.2) is 4.98 Å². The standard InChI is InChI=1S/C13H14ClNS2/c1-8(2)12-11(7-16)17-13(15-12)9-5-3-4-6-10(9)14/h3-6,8,16H,7H2,1-2H3. The van der Waals surface area contributed by atoms with Gasteiger partial charge < -0.3 is 0 Å². The summed E-state index contributed by atoms with van der Waals surface area (Å²) >= 11 is 12.2. The molecule has 2 aromatic rings. The Kier molecular flexibility index (Phi) is 4.13. The third-order valence-corrected chi connectivity index (χ3v) is 4.49. The van der Waals surface area contributed by atoms with Crippen molar-refractivity contribution in [1.82, 2.24) is 4.98 Å². The predicted molar refractivity (Wildman–Crippen MR) is 79.3 cm³/mol. The molecule has 1 aromatic heterocycles. The second kappa shape index (κ2) is 5.42. The van der Waals surface area contributed by atoms with E-state index in [-0.39, 0.29) is 0 Å². The topological polar surface area (TPSA) is 12.9 Å². The summed E-state index contributed by atoms with van der Waals surface area (Å²) in [6, 6.07) is 7.82. The van der Waals surface area contributed by atoms with Gasteiger partial charge >= 0.3 is 0 Å².